The minimum Gasteiger partial charge on any atom is -0.322 e. The zero-order valence-corrected chi connectivity index (χ0v) is 14.5. The number of rotatable bonds is 3. The second kappa shape index (κ2) is 7.96. The third-order valence-electron chi connectivity index (χ3n) is 4.43. The van der Waals surface area contributed by atoms with E-state index in [0.29, 0.717) is 32.7 Å². The number of carbonyl (C=O) groups excluding carboxylic acids is 1. The summed E-state index contributed by atoms with van der Waals surface area (Å²) in [5, 5.41) is 2.36. The van der Waals surface area contributed by atoms with E-state index in [-0.39, 0.29) is 11.5 Å². The second-order valence-electron chi connectivity index (χ2n) is 6.37. The first-order chi connectivity index (χ1) is 12.8. The molecule has 3 rings (SSSR count). The normalized spacial score (nSPS) is 15.6. The van der Waals surface area contributed by atoms with E-state index in [1.165, 1.54) is 35.2 Å². The Balaban J connectivity index is 1.56. The zero-order chi connectivity index (χ0) is 19.4. The van der Waals surface area contributed by atoms with Crippen molar-refractivity contribution < 1.29 is 22.4 Å². The lowest BCUT2D eigenvalue weighted by atomic mass is 10.1. The maximum absolute atomic E-state index is 13.3. The van der Waals surface area contributed by atoms with E-state index in [1.54, 1.807) is 6.07 Å². The van der Waals surface area contributed by atoms with E-state index >= 15 is 0 Å². The van der Waals surface area contributed by atoms with Gasteiger partial charge in [-0.1, -0.05) is 24.3 Å². The van der Waals surface area contributed by atoms with E-state index in [1.807, 2.05) is 6.07 Å². The van der Waals surface area contributed by atoms with Crippen LogP contribution in [-0.4, -0.2) is 42.0 Å². The number of piperazine rings is 1. The molecule has 1 fully saturated rings. The molecule has 0 radical (unpaired) electrons. The summed E-state index contributed by atoms with van der Waals surface area (Å²) in [7, 11) is 0. The minimum absolute atomic E-state index is 0.253. The fourth-order valence-electron chi connectivity index (χ4n) is 3.04. The first-order valence-corrected chi connectivity index (χ1v) is 8.52. The molecule has 4 nitrogen and oxygen atoms in total. The van der Waals surface area contributed by atoms with Gasteiger partial charge in [0.05, 0.1) is 11.3 Å². The summed E-state index contributed by atoms with van der Waals surface area (Å²) >= 11 is 0. The summed E-state index contributed by atoms with van der Waals surface area (Å²) in [4.78, 5) is 15.9. The van der Waals surface area contributed by atoms with E-state index < -0.39 is 17.8 Å². The average Bonchev–Trinajstić information content (AvgIpc) is 2.62. The molecule has 27 heavy (non-hydrogen) atoms. The maximum Gasteiger partial charge on any atom is 0.418 e. The Bertz CT molecular complexity index is 802. The Hall–Kier alpha value is -2.61. The van der Waals surface area contributed by atoms with Crippen LogP contribution < -0.4 is 5.32 Å². The molecule has 8 heteroatoms. The first-order valence-electron chi connectivity index (χ1n) is 8.52. The van der Waals surface area contributed by atoms with Gasteiger partial charge in [0.1, 0.15) is 5.82 Å². The Morgan fingerprint density at radius 1 is 1.00 bits per heavy atom. The number of para-hydroxylation sites is 1. The van der Waals surface area contributed by atoms with Gasteiger partial charge in [0.15, 0.2) is 0 Å². The average molecular weight is 381 g/mol. The molecule has 0 saturated carbocycles. The Morgan fingerprint density at radius 3 is 2.37 bits per heavy atom. The molecule has 144 valence electrons. The molecular formula is C19H19F4N3O. The van der Waals surface area contributed by atoms with Gasteiger partial charge in [-0.2, -0.15) is 13.2 Å². The van der Waals surface area contributed by atoms with Crippen LogP contribution in [0.2, 0.25) is 0 Å². The number of amides is 2. The molecule has 2 aromatic rings. The van der Waals surface area contributed by atoms with Gasteiger partial charge in [-0.25, -0.2) is 9.18 Å². The topological polar surface area (TPSA) is 35.6 Å². The Labute approximate surface area is 154 Å². The number of nitrogens with zero attached hydrogens (tertiary/aromatic N) is 2. The van der Waals surface area contributed by atoms with Crippen LogP contribution in [0, 0.1) is 5.82 Å². The summed E-state index contributed by atoms with van der Waals surface area (Å²) < 4.78 is 52.3. The van der Waals surface area contributed by atoms with Crippen molar-refractivity contribution in [2.45, 2.75) is 12.7 Å². The smallest absolute Gasteiger partial charge is 0.322 e. The van der Waals surface area contributed by atoms with Crippen LogP contribution in [0.1, 0.15) is 11.1 Å². The number of halogens is 4. The molecule has 2 aromatic carbocycles. The van der Waals surface area contributed by atoms with Crippen LogP contribution in [-0.2, 0) is 12.7 Å². The van der Waals surface area contributed by atoms with Crippen LogP contribution in [0.25, 0.3) is 0 Å². The molecule has 0 aliphatic carbocycles. The summed E-state index contributed by atoms with van der Waals surface area (Å²) in [6.45, 7) is 2.45. The highest BCUT2D eigenvalue weighted by atomic mass is 19.4. The summed E-state index contributed by atoms with van der Waals surface area (Å²) in [5.74, 6) is -0.297. The SMILES string of the molecule is O=C(Nc1ccccc1C(F)(F)F)N1CCN(Cc2cccc(F)c2)CC1. The first kappa shape index (κ1) is 19.2. The van der Waals surface area contributed by atoms with Crippen molar-refractivity contribution in [3.63, 3.8) is 0 Å². The van der Waals surface area contributed by atoms with E-state index in [2.05, 4.69) is 10.2 Å². The van der Waals surface area contributed by atoms with Gasteiger partial charge < -0.3 is 10.2 Å². The number of benzene rings is 2. The highest BCUT2D eigenvalue weighted by Gasteiger charge is 2.34. The third-order valence-corrected chi connectivity index (χ3v) is 4.43. The van der Waals surface area contributed by atoms with Gasteiger partial charge in [-0.3, -0.25) is 4.90 Å². The number of nitrogens with one attached hydrogen (secondary N) is 1. The predicted octanol–water partition coefficient (Wildman–Crippen LogP) is 4.19. The number of anilines is 1. The predicted molar refractivity (Wildman–Crippen MR) is 93.7 cm³/mol. The maximum atomic E-state index is 13.3. The van der Waals surface area contributed by atoms with Gasteiger partial charge in [-0.05, 0) is 29.8 Å². The summed E-state index contributed by atoms with van der Waals surface area (Å²) in [5.41, 5.74) is -0.285. The van der Waals surface area contributed by atoms with Crippen LogP contribution in [0.4, 0.5) is 28.0 Å². The molecule has 0 unspecified atom stereocenters. The zero-order valence-electron chi connectivity index (χ0n) is 14.5. The molecular weight excluding hydrogens is 362 g/mol. The second-order valence-corrected chi connectivity index (χ2v) is 6.37. The number of alkyl halides is 3. The fraction of sp³-hybridized carbons (Fsp3) is 0.316. The van der Waals surface area contributed by atoms with Gasteiger partial charge >= 0.3 is 12.2 Å². The molecule has 0 spiro atoms. The monoisotopic (exact) mass is 381 g/mol. The van der Waals surface area contributed by atoms with Crippen molar-refractivity contribution in [3.05, 3.63) is 65.5 Å². The van der Waals surface area contributed by atoms with Crippen LogP contribution in [0.5, 0.6) is 0 Å². The van der Waals surface area contributed by atoms with Gasteiger partial charge in [-0.15, -0.1) is 0 Å². The van der Waals surface area contributed by atoms with Crippen molar-refractivity contribution in [2.75, 3.05) is 31.5 Å². The lowest BCUT2D eigenvalue weighted by Gasteiger charge is -2.34. The number of hydrogen-bond donors (Lipinski definition) is 1. The van der Waals surface area contributed by atoms with Gasteiger partial charge in [0, 0.05) is 32.7 Å². The Kier molecular flexibility index (Phi) is 5.65. The molecule has 2 amide bonds. The number of urea groups is 1. The van der Waals surface area contributed by atoms with Crippen LogP contribution in [0.3, 0.4) is 0 Å². The molecule has 1 aliphatic rings. The molecule has 1 aliphatic heterocycles. The highest BCUT2D eigenvalue weighted by molar-refractivity contribution is 5.90. The summed E-state index contributed by atoms with van der Waals surface area (Å²) in [6.07, 6.45) is -4.53. The fourth-order valence-corrected chi connectivity index (χ4v) is 3.04. The quantitative estimate of drug-likeness (QED) is 0.809. The van der Waals surface area contributed by atoms with Crippen molar-refractivity contribution in [1.82, 2.24) is 9.80 Å². The van der Waals surface area contributed by atoms with Crippen molar-refractivity contribution in [1.29, 1.82) is 0 Å². The molecule has 1 N–H and O–H groups in total. The lowest BCUT2D eigenvalue weighted by molar-refractivity contribution is -0.136. The molecule has 1 saturated heterocycles. The van der Waals surface area contributed by atoms with Gasteiger partial charge in [0.2, 0.25) is 0 Å². The molecule has 0 atom stereocenters. The van der Waals surface area contributed by atoms with E-state index in [4.69, 9.17) is 0 Å². The molecule has 0 aromatic heterocycles. The minimum atomic E-state index is -4.53. The summed E-state index contributed by atoms with van der Waals surface area (Å²) in [6, 6.07) is 10.7. The highest BCUT2D eigenvalue weighted by Crippen LogP contribution is 2.34. The standard InChI is InChI=1S/C19H19F4N3O/c20-15-5-3-4-14(12-15)13-25-8-10-26(11-9-25)18(27)24-17-7-2-1-6-16(17)19(21,22)23/h1-7,12H,8-11,13H2,(H,24,27). The third kappa shape index (κ3) is 4.97. The van der Waals surface area contributed by atoms with Crippen LogP contribution in [0.15, 0.2) is 48.5 Å². The number of hydrogen-bond acceptors (Lipinski definition) is 2. The largest absolute Gasteiger partial charge is 0.418 e. The van der Waals surface area contributed by atoms with Crippen molar-refractivity contribution in [2.24, 2.45) is 0 Å². The van der Waals surface area contributed by atoms with Crippen molar-refractivity contribution in [3.8, 4) is 0 Å². The van der Waals surface area contributed by atoms with E-state index in [0.717, 1.165) is 11.6 Å². The van der Waals surface area contributed by atoms with Gasteiger partial charge in [0.25, 0.3) is 0 Å². The lowest BCUT2D eigenvalue weighted by Crippen LogP contribution is -2.49. The van der Waals surface area contributed by atoms with Crippen LogP contribution >= 0.6 is 0 Å². The molecule has 1 heterocycles. The molecule has 0 bridgehead atoms. The number of carbonyl (C=O) groups is 1. The van der Waals surface area contributed by atoms with Crippen molar-refractivity contribution >= 4 is 11.7 Å². The van der Waals surface area contributed by atoms with E-state index in [9.17, 15) is 22.4 Å². The Morgan fingerprint density at radius 2 is 1.70 bits per heavy atom.